The predicted octanol–water partition coefficient (Wildman–Crippen LogP) is 0.550. The minimum absolute atomic E-state index is 0.106. The molecule has 0 spiro atoms. The highest BCUT2D eigenvalue weighted by atomic mass is 19.1. The van der Waals surface area contributed by atoms with Crippen LogP contribution in [0.2, 0.25) is 0 Å². The first kappa shape index (κ1) is 25.8. The molecule has 1 aromatic heterocycles. The Kier molecular flexibility index (Phi) is 7.70. The first-order valence-corrected chi connectivity index (χ1v) is 12.3. The fourth-order valence-electron chi connectivity index (χ4n) is 4.56. The van der Waals surface area contributed by atoms with Gasteiger partial charge in [-0.05, 0) is 31.2 Å². The highest BCUT2D eigenvalue weighted by molar-refractivity contribution is 6.01. The minimum atomic E-state index is -1.20. The van der Waals surface area contributed by atoms with Gasteiger partial charge in [-0.15, -0.1) is 0 Å². The zero-order valence-electron chi connectivity index (χ0n) is 21.1. The summed E-state index contributed by atoms with van der Waals surface area (Å²) < 4.78 is 14.6. The molecule has 194 valence electrons. The minimum Gasteiger partial charge on any atom is -0.350 e. The Morgan fingerprint density at radius 3 is 2.42 bits per heavy atom. The quantitative estimate of drug-likeness (QED) is 0.550. The van der Waals surface area contributed by atoms with Crippen LogP contribution >= 0.6 is 0 Å². The van der Waals surface area contributed by atoms with Gasteiger partial charge in [0.15, 0.2) is 5.69 Å². The van der Waals surface area contributed by atoms with Crippen molar-refractivity contribution in [2.75, 3.05) is 52.9 Å². The van der Waals surface area contributed by atoms with Crippen LogP contribution in [-0.4, -0.2) is 101 Å². The molecule has 0 saturated carbocycles. The van der Waals surface area contributed by atoms with Crippen molar-refractivity contribution in [3.63, 3.8) is 0 Å². The van der Waals surface area contributed by atoms with Crippen molar-refractivity contribution >= 4 is 17.7 Å². The van der Waals surface area contributed by atoms with Crippen molar-refractivity contribution in [3.05, 3.63) is 53.1 Å². The van der Waals surface area contributed by atoms with E-state index >= 15 is 0 Å². The third-order valence-corrected chi connectivity index (χ3v) is 7.22. The molecule has 1 atom stereocenters. The molecule has 4 rings (SSSR count). The lowest BCUT2D eigenvalue weighted by atomic mass is 9.96. The number of amides is 3. The van der Waals surface area contributed by atoms with Crippen molar-refractivity contribution in [1.29, 1.82) is 0 Å². The molecule has 1 aromatic carbocycles. The van der Waals surface area contributed by atoms with E-state index in [9.17, 15) is 18.8 Å². The van der Waals surface area contributed by atoms with Gasteiger partial charge in [-0.1, -0.05) is 19.1 Å². The first-order chi connectivity index (χ1) is 17.2. The number of aromatic nitrogens is 2. The summed E-state index contributed by atoms with van der Waals surface area (Å²) in [6.07, 6.45) is 0. The maximum Gasteiger partial charge on any atom is 0.272 e. The number of halogens is 1. The van der Waals surface area contributed by atoms with Crippen LogP contribution in [0.25, 0.3) is 0 Å². The van der Waals surface area contributed by atoms with Crippen LogP contribution in [0.5, 0.6) is 0 Å². The molecule has 2 aliphatic rings. The van der Waals surface area contributed by atoms with Crippen LogP contribution < -0.4 is 10.6 Å². The highest BCUT2D eigenvalue weighted by Gasteiger charge is 2.46. The van der Waals surface area contributed by atoms with E-state index in [1.807, 2.05) is 0 Å². The third kappa shape index (κ3) is 5.41. The average molecular weight is 500 g/mol. The van der Waals surface area contributed by atoms with Gasteiger partial charge in [0, 0.05) is 58.9 Å². The number of hydrogen-bond donors (Lipinski definition) is 2. The van der Waals surface area contributed by atoms with E-state index in [1.165, 1.54) is 27.8 Å². The summed E-state index contributed by atoms with van der Waals surface area (Å²) in [5.74, 6) is -1.45. The number of fused-ring (bicyclic) bond motifs is 1. The zero-order valence-corrected chi connectivity index (χ0v) is 21.1. The van der Waals surface area contributed by atoms with E-state index < -0.39 is 5.54 Å². The van der Waals surface area contributed by atoms with Crippen molar-refractivity contribution in [2.24, 2.45) is 0 Å². The molecule has 0 bridgehead atoms. The van der Waals surface area contributed by atoms with Crippen LogP contribution in [0.15, 0.2) is 30.3 Å². The van der Waals surface area contributed by atoms with Gasteiger partial charge in [-0.25, -0.2) is 4.39 Å². The summed E-state index contributed by atoms with van der Waals surface area (Å²) in [5, 5.41) is 10.1. The second-order valence-electron chi connectivity index (χ2n) is 9.55. The summed E-state index contributed by atoms with van der Waals surface area (Å²) in [6, 6.07) is 7.32. The Morgan fingerprint density at radius 2 is 1.75 bits per heavy atom. The van der Waals surface area contributed by atoms with Gasteiger partial charge in [0.05, 0.1) is 6.54 Å². The van der Waals surface area contributed by atoms with Crippen LogP contribution in [0.1, 0.15) is 40.4 Å². The molecule has 0 aliphatic carbocycles. The van der Waals surface area contributed by atoms with Gasteiger partial charge in [0.25, 0.3) is 11.8 Å². The molecule has 1 fully saturated rings. The summed E-state index contributed by atoms with van der Waals surface area (Å²) in [5.41, 5.74) is -0.0466. The predicted molar refractivity (Wildman–Crippen MR) is 132 cm³/mol. The lowest BCUT2D eigenvalue weighted by Crippen LogP contribution is -2.62. The molecule has 3 heterocycles. The maximum atomic E-state index is 13.1. The monoisotopic (exact) mass is 499 g/mol. The maximum absolute atomic E-state index is 13.1. The number of hydrogen-bond acceptors (Lipinski definition) is 6. The summed E-state index contributed by atoms with van der Waals surface area (Å²) in [4.78, 5) is 45.0. The Bertz CT molecular complexity index is 1110. The van der Waals surface area contributed by atoms with Gasteiger partial charge < -0.3 is 20.4 Å². The lowest BCUT2D eigenvalue weighted by molar-refractivity contribution is -0.132. The third-order valence-electron chi connectivity index (χ3n) is 7.22. The number of rotatable bonds is 8. The number of likely N-dealkylation sites (N-methyl/N-ethyl adjacent to an activating group) is 2. The van der Waals surface area contributed by atoms with E-state index in [-0.39, 0.29) is 48.0 Å². The Morgan fingerprint density at radius 1 is 1.08 bits per heavy atom. The van der Waals surface area contributed by atoms with Gasteiger partial charge in [-0.2, -0.15) is 5.10 Å². The SMILES string of the molecule is CCN1CCN(CCNC(=O)c2cc3n(n2)C[C@](C)(C(=O)NCc2ccc(F)cc2)N(C)C3=O)CC1. The molecule has 11 heteroatoms. The Labute approximate surface area is 210 Å². The molecule has 1 saturated heterocycles. The van der Waals surface area contributed by atoms with Gasteiger partial charge in [0.1, 0.15) is 17.1 Å². The van der Waals surface area contributed by atoms with Crippen LogP contribution in [0.4, 0.5) is 4.39 Å². The molecule has 0 unspecified atom stereocenters. The van der Waals surface area contributed by atoms with E-state index in [1.54, 1.807) is 26.1 Å². The van der Waals surface area contributed by atoms with Crippen molar-refractivity contribution in [2.45, 2.75) is 32.5 Å². The summed E-state index contributed by atoms with van der Waals surface area (Å²) >= 11 is 0. The highest BCUT2D eigenvalue weighted by Crippen LogP contribution is 2.26. The lowest BCUT2D eigenvalue weighted by Gasteiger charge is -2.40. The van der Waals surface area contributed by atoms with E-state index in [0.717, 1.165) is 44.8 Å². The van der Waals surface area contributed by atoms with Gasteiger partial charge in [-0.3, -0.25) is 24.0 Å². The standard InChI is InChI=1S/C25H34FN7O3/c1-4-31-11-13-32(14-12-31)10-9-27-22(34)20-15-21-23(35)30(3)25(2,17-33(21)29-20)24(36)28-16-18-5-7-19(26)8-6-18/h5-8,15H,4,9-14,16-17H2,1-3H3,(H,27,34)(H,28,36)/t25-/m1/s1. The van der Waals surface area contributed by atoms with Gasteiger partial charge in [0.2, 0.25) is 5.91 Å². The van der Waals surface area contributed by atoms with Crippen molar-refractivity contribution in [3.8, 4) is 0 Å². The number of piperazine rings is 1. The molecule has 2 aromatic rings. The summed E-state index contributed by atoms with van der Waals surface area (Å²) in [6.45, 7) is 10.4. The molecular weight excluding hydrogens is 465 g/mol. The van der Waals surface area contributed by atoms with E-state index in [4.69, 9.17) is 0 Å². The molecule has 36 heavy (non-hydrogen) atoms. The van der Waals surface area contributed by atoms with Crippen LogP contribution in [0, 0.1) is 5.82 Å². The molecule has 2 N–H and O–H groups in total. The van der Waals surface area contributed by atoms with Crippen LogP contribution in [0.3, 0.4) is 0 Å². The Hall–Kier alpha value is -3.31. The van der Waals surface area contributed by atoms with Crippen molar-refractivity contribution in [1.82, 2.24) is 35.1 Å². The van der Waals surface area contributed by atoms with Crippen molar-refractivity contribution < 1.29 is 18.8 Å². The van der Waals surface area contributed by atoms with Gasteiger partial charge >= 0.3 is 0 Å². The molecular formula is C25H34FN7O3. The number of nitrogens with zero attached hydrogens (tertiary/aromatic N) is 5. The van der Waals surface area contributed by atoms with E-state index in [0.29, 0.717) is 6.54 Å². The van der Waals surface area contributed by atoms with Crippen LogP contribution in [-0.2, 0) is 17.9 Å². The molecule has 3 amide bonds. The first-order valence-electron chi connectivity index (χ1n) is 12.3. The fraction of sp³-hybridized carbons (Fsp3) is 0.520. The molecule has 0 radical (unpaired) electrons. The summed E-state index contributed by atoms with van der Waals surface area (Å²) in [7, 11) is 1.56. The number of carbonyl (C=O) groups is 3. The fourth-order valence-corrected chi connectivity index (χ4v) is 4.56. The molecule has 10 nitrogen and oxygen atoms in total. The largest absolute Gasteiger partial charge is 0.350 e. The Balaban J connectivity index is 1.35. The van der Waals surface area contributed by atoms with E-state index in [2.05, 4.69) is 32.5 Å². The number of benzene rings is 1. The zero-order chi connectivity index (χ0) is 25.9. The molecule has 2 aliphatic heterocycles. The number of carbonyl (C=O) groups excluding carboxylic acids is 3. The smallest absolute Gasteiger partial charge is 0.272 e. The second kappa shape index (κ2) is 10.8. The average Bonchev–Trinajstić information content (AvgIpc) is 3.31. The second-order valence-corrected chi connectivity index (χ2v) is 9.55. The topological polar surface area (TPSA) is 103 Å². The number of nitrogens with one attached hydrogen (secondary N) is 2. The normalized spacial score (nSPS) is 20.8.